The average Bonchev–Trinajstić information content (AvgIpc) is 2.61. The molecule has 5 heteroatoms. The molecular formula is C9H13N3O2+. The van der Waals surface area contributed by atoms with Gasteiger partial charge >= 0.3 is 5.97 Å². The Balaban J connectivity index is 2.08. The van der Waals surface area contributed by atoms with Gasteiger partial charge in [-0.15, -0.1) is 0 Å². The van der Waals surface area contributed by atoms with Crippen molar-refractivity contribution < 1.29 is 9.53 Å². The third kappa shape index (κ3) is 1.69. The number of nitrogens with zero attached hydrogens (tertiary/aromatic N) is 2. The number of esters is 1. The molecule has 2 heterocycles. The van der Waals surface area contributed by atoms with Gasteiger partial charge in [-0.05, 0) is 6.92 Å². The van der Waals surface area contributed by atoms with Gasteiger partial charge in [0, 0.05) is 0 Å². The summed E-state index contributed by atoms with van der Waals surface area (Å²) in [6.07, 6.45) is 1.76. The molecule has 0 amide bonds. The summed E-state index contributed by atoms with van der Waals surface area (Å²) < 4.78 is 4.87. The highest BCUT2D eigenvalue weighted by Gasteiger charge is 2.34. The van der Waals surface area contributed by atoms with Crippen LogP contribution in [0.1, 0.15) is 6.92 Å². The van der Waals surface area contributed by atoms with Crippen molar-refractivity contribution in [1.29, 1.82) is 0 Å². The van der Waals surface area contributed by atoms with Crippen LogP contribution in [0.2, 0.25) is 0 Å². The Morgan fingerprint density at radius 1 is 1.79 bits per heavy atom. The third-order valence-electron chi connectivity index (χ3n) is 2.16. The van der Waals surface area contributed by atoms with Crippen LogP contribution in [-0.4, -0.2) is 38.0 Å². The van der Waals surface area contributed by atoms with Crippen molar-refractivity contribution in [1.82, 2.24) is 10.2 Å². The summed E-state index contributed by atoms with van der Waals surface area (Å²) in [7, 11) is 0. The fourth-order valence-corrected chi connectivity index (χ4v) is 1.49. The summed E-state index contributed by atoms with van der Waals surface area (Å²) in [5, 5.41) is 3.19. The maximum absolute atomic E-state index is 11.3. The van der Waals surface area contributed by atoms with E-state index in [1.54, 1.807) is 13.1 Å². The molecule has 1 fully saturated rings. The Hall–Kier alpha value is -1.20. The lowest BCUT2D eigenvalue weighted by atomic mass is 10.4. The van der Waals surface area contributed by atoms with Gasteiger partial charge in [0.2, 0.25) is 5.70 Å². The minimum Gasteiger partial charge on any atom is -0.461 e. The molecule has 0 atom stereocenters. The first-order chi connectivity index (χ1) is 6.81. The van der Waals surface area contributed by atoms with Crippen LogP contribution in [0.15, 0.2) is 16.9 Å². The number of fused-ring (bicyclic) bond motifs is 1. The molecule has 14 heavy (non-hydrogen) atoms. The predicted molar refractivity (Wildman–Crippen MR) is 52.0 cm³/mol. The molecule has 0 aliphatic carbocycles. The number of hydrogen-bond acceptors (Lipinski definition) is 5. The molecule has 2 aliphatic heterocycles. The molecule has 0 bridgehead atoms. The summed E-state index contributed by atoms with van der Waals surface area (Å²) in [6, 6.07) is 0. The molecule has 0 aromatic carbocycles. The monoisotopic (exact) mass is 195 g/mol. The van der Waals surface area contributed by atoms with Crippen LogP contribution in [0.25, 0.3) is 0 Å². The van der Waals surface area contributed by atoms with Gasteiger partial charge in [0.15, 0.2) is 6.20 Å². The number of carbonyl (C=O) groups excluding carboxylic acids is 1. The fourth-order valence-electron chi connectivity index (χ4n) is 1.49. The van der Waals surface area contributed by atoms with Gasteiger partial charge < -0.3 is 10.1 Å². The second-order valence-electron chi connectivity index (χ2n) is 3.13. The molecule has 75 valence electrons. The molecule has 0 unspecified atom stereocenters. The average molecular weight is 195 g/mol. The van der Waals surface area contributed by atoms with Gasteiger partial charge in [-0.2, -0.15) is 4.99 Å². The number of piperazine rings is 1. The van der Waals surface area contributed by atoms with E-state index in [1.165, 1.54) is 0 Å². The van der Waals surface area contributed by atoms with Crippen molar-refractivity contribution in [3.63, 3.8) is 0 Å². The first-order valence-electron chi connectivity index (χ1n) is 4.75. The molecule has 2 aliphatic rings. The second kappa shape index (κ2) is 3.89. The Morgan fingerprint density at radius 3 is 3.36 bits per heavy atom. The molecule has 0 aromatic heterocycles. The predicted octanol–water partition coefficient (Wildman–Crippen LogP) is -0.454. The molecule has 0 saturated carbocycles. The van der Waals surface area contributed by atoms with Crippen LogP contribution in [-0.2, 0) is 9.53 Å². The molecule has 1 saturated heterocycles. The summed E-state index contributed by atoms with van der Waals surface area (Å²) >= 11 is 0. The van der Waals surface area contributed by atoms with Crippen molar-refractivity contribution in [2.75, 3.05) is 26.2 Å². The second-order valence-corrected chi connectivity index (χ2v) is 3.13. The third-order valence-corrected chi connectivity index (χ3v) is 2.16. The first-order valence-corrected chi connectivity index (χ1v) is 4.75. The summed E-state index contributed by atoms with van der Waals surface area (Å²) in [6.45, 7) is 4.68. The summed E-state index contributed by atoms with van der Waals surface area (Å²) in [5.74, 6) is 0.564. The SMILES string of the molecule is CCOC(=O)C1=C[N+]2CCNCC2=N1. The van der Waals surface area contributed by atoms with Gasteiger partial charge in [0.25, 0.3) is 5.84 Å². The van der Waals surface area contributed by atoms with Crippen LogP contribution in [0.5, 0.6) is 0 Å². The number of nitrogens with one attached hydrogen (secondary N) is 1. The van der Waals surface area contributed by atoms with E-state index in [0.29, 0.717) is 12.3 Å². The Kier molecular flexibility index (Phi) is 2.60. The lowest BCUT2D eigenvalue weighted by molar-refractivity contribution is -0.138. The molecule has 5 nitrogen and oxygen atoms in total. The van der Waals surface area contributed by atoms with Crippen molar-refractivity contribution in [2.45, 2.75) is 6.92 Å². The molecule has 0 aromatic rings. The lowest BCUT2D eigenvalue weighted by Gasteiger charge is -2.11. The standard InChI is InChI=1S/C9H13N3O2/c1-2-14-9(13)7-6-12-4-3-10-5-8(12)11-7/h6,10H,2-5H2,1H3/q+1. The Bertz CT molecular complexity index is 309. The highest BCUT2D eigenvalue weighted by molar-refractivity contribution is 5.99. The highest BCUT2D eigenvalue weighted by atomic mass is 16.5. The van der Waals surface area contributed by atoms with Crippen molar-refractivity contribution in [3.8, 4) is 0 Å². The van der Waals surface area contributed by atoms with E-state index in [9.17, 15) is 4.79 Å². The molecule has 1 N–H and O–H groups in total. The zero-order chi connectivity index (χ0) is 9.97. The van der Waals surface area contributed by atoms with Gasteiger partial charge in [-0.25, -0.2) is 4.79 Å². The summed E-state index contributed by atoms with van der Waals surface area (Å²) in [4.78, 5) is 17.5. The number of ether oxygens (including phenoxy) is 1. The van der Waals surface area contributed by atoms with Gasteiger partial charge in [-0.3, -0.25) is 0 Å². The van der Waals surface area contributed by atoms with Crippen molar-refractivity contribution in [3.05, 3.63) is 11.9 Å². The van der Waals surface area contributed by atoms with E-state index >= 15 is 0 Å². The topological polar surface area (TPSA) is 56.6 Å². The maximum atomic E-state index is 11.3. The van der Waals surface area contributed by atoms with E-state index in [-0.39, 0.29) is 5.97 Å². The maximum Gasteiger partial charge on any atom is 0.362 e. The summed E-state index contributed by atoms with van der Waals surface area (Å²) in [5.41, 5.74) is 0.408. The Labute approximate surface area is 82.4 Å². The van der Waals surface area contributed by atoms with E-state index in [4.69, 9.17) is 4.74 Å². The number of carbonyl (C=O) groups is 1. The Morgan fingerprint density at radius 2 is 2.64 bits per heavy atom. The normalized spacial score (nSPS) is 21.2. The number of rotatable bonds is 2. The minimum atomic E-state index is -0.339. The van der Waals surface area contributed by atoms with Crippen molar-refractivity contribution >= 4 is 11.8 Å². The van der Waals surface area contributed by atoms with Crippen LogP contribution < -0.4 is 10.2 Å². The molecule has 0 spiro atoms. The zero-order valence-electron chi connectivity index (χ0n) is 8.12. The molecular weight excluding hydrogens is 182 g/mol. The van der Waals surface area contributed by atoms with Gasteiger partial charge in [-0.1, -0.05) is 4.90 Å². The highest BCUT2D eigenvalue weighted by Crippen LogP contribution is 2.12. The molecule has 1 radical (unpaired) electrons. The first kappa shape index (κ1) is 9.36. The number of aliphatic imine (C=N–C) groups is 1. The van der Waals surface area contributed by atoms with Crippen molar-refractivity contribution in [2.24, 2.45) is 4.99 Å². The zero-order valence-corrected chi connectivity index (χ0v) is 8.12. The number of amidine groups is 1. The van der Waals surface area contributed by atoms with E-state index in [0.717, 1.165) is 25.5 Å². The lowest BCUT2D eigenvalue weighted by Crippen LogP contribution is -2.47. The van der Waals surface area contributed by atoms with E-state index in [1.807, 2.05) is 4.90 Å². The van der Waals surface area contributed by atoms with Crippen LogP contribution in [0.4, 0.5) is 0 Å². The smallest absolute Gasteiger partial charge is 0.362 e. The van der Waals surface area contributed by atoms with Crippen LogP contribution >= 0.6 is 0 Å². The van der Waals surface area contributed by atoms with Crippen LogP contribution in [0.3, 0.4) is 0 Å². The minimum absolute atomic E-state index is 0.339. The quantitative estimate of drug-likeness (QED) is 0.479. The number of hydrogen-bond donors (Lipinski definition) is 1. The van der Waals surface area contributed by atoms with E-state index < -0.39 is 0 Å². The van der Waals surface area contributed by atoms with Gasteiger partial charge in [0.1, 0.15) is 6.54 Å². The van der Waals surface area contributed by atoms with Gasteiger partial charge in [0.05, 0.1) is 19.7 Å². The molecule has 2 rings (SSSR count). The van der Waals surface area contributed by atoms with Crippen LogP contribution in [0, 0.1) is 0 Å². The fraction of sp³-hybridized carbons (Fsp3) is 0.556. The largest absolute Gasteiger partial charge is 0.461 e. The van der Waals surface area contributed by atoms with E-state index in [2.05, 4.69) is 10.3 Å².